The third kappa shape index (κ3) is 10.1. The first-order chi connectivity index (χ1) is 10.0. The Morgan fingerprint density at radius 3 is 1.55 bits per heavy atom. The van der Waals surface area contributed by atoms with Gasteiger partial charge in [0.05, 0.1) is 0 Å². The summed E-state index contributed by atoms with van der Waals surface area (Å²) in [6.07, 6.45) is 0.445. The van der Waals surface area contributed by atoms with Gasteiger partial charge in [0.1, 0.15) is 0 Å². The van der Waals surface area contributed by atoms with Gasteiger partial charge in [0.15, 0.2) is 0 Å². The minimum Gasteiger partial charge on any atom is -0.487 e. The summed E-state index contributed by atoms with van der Waals surface area (Å²) in [6, 6.07) is 0.683. The molecule has 0 radical (unpaired) electrons. The fraction of sp³-hybridized carbons (Fsp3) is 0.667. The average molecular weight is 350 g/mol. The van der Waals surface area contributed by atoms with Crippen molar-refractivity contribution in [2.45, 2.75) is 52.8 Å². The van der Waals surface area contributed by atoms with Crippen molar-refractivity contribution in [3.63, 3.8) is 0 Å². The van der Waals surface area contributed by atoms with Crippen molar-refractivity contribution < 1.29 is 36.9 Å². The van der Waals surface area contributed by atoms with E-state index in [1.54, 1.807) is 6.55 Å². The quantitative estimate of drug-likeness (QED) is 0.595. The summed E-state index contributed by atoms with van der Waals surface area (Å²) >= 11 is 0. The summed E-state index contributed by atoms with van der Waals surface area (Å²) in [5, 5.41) is 0. The van der Waals surface area contributed by atoms with Crippen LogP contribution in [0, 0.1) is 0 Å². The van der Waals surface area contributed by atoms with Crippen LogP contribution in [0.15, 0.2) is 0 Å². The highest BCUT2D eigenvalue weighted by atomic mass is 28.4. The van der Waals surface area contributed by atoms with E-state index < -0.39 is 41.7 Å². The van der Waals surface area contributed by atoms with Crippen molar-refractivity contribution in [3.05, 3.63) is 0 Å². The lowest BCUT2D eigenvalue weighted by Crippen LogP contribution is -2.42. The highest BCUT2D eigenvalue weighted by Gasteiger charge is 2.38. The van der Waals surface area contributed by atoms with Gasteiger partial charge in [-0.3, -0.25) is 19.2 Å². The van der Waals surface area contributed by atoms with Crippen LogP contribution in [-0.2, 0) is 36.9 Å². The molecule has 0 aromatic carbocycles. The minimum atomic E-state index is -2.98. The Labute approximate surface area is 132 Å². The van der Waals surface area contributed by atoms with Crippen LogP contribution in [-0.4, -0.2) is 41.7 Å². The lowest BCUT2D eigenvalue weighted by atomic mass is 10.6. The molecule has 0 aromatic heterocycles. The Kier molecular flexibility index (Phi) is 8.64. The molecular formula is C12H22O8Si2. The Morgan fingerprint density at radius 1 is 0.818 bits per heavy atom. The highest BCUT2D eigenvalue weighted by Crippen LogP contribution is 2.19. The zero-order valence-corrected chi connectivity index (χ0v) is 15.6. The predicted octanol–water partition coefficient (Wildman–Crippen LogP) is 0.921. The highest BCUT2D eigenvalue weighted by molar-refractivity contribution is 6.69. The minimum absolute atomic E-state index is 0.332. The van der Waals surface area contributed by atoms with Gasteiger partial charge in [-0.05, 0) is 6.42 Å². The Bertz CT molecular complexity index is 405. The summed E-state index contributed by atoms with van der Waals surface area (Å²) in [5.41, 5.74) is 0. The van der Waals surface area contributed by atoms with Crippen LogP contribution in [0.4, 0.5) is 0 Å². The molecule has 8 nitrogen and oxygen atoms in total. The topological polar surface area (TPSA) is 105 Å². The van der Waals surface area contributed by atoms with E-state index >= 15 is 0 Å². The van der Waals surface area contributed by atoms with Gasteiger partial charge in [-0.25, -0.2) is 0 Å². The van der Waals surface area contributed by atoms with Gasteiger partial charge in [0, 0.05) is 46.3 Å². The smallest absolute Gasteiger partial charge is 0.460 e. The van der Waals surface area contributed by atoms with Gasteiger partial charge in [-0.15, -0.1) is 0 Å². The van der Waals surface area contributed by atoms with Gasteiger partial charge in [-0.1, -0.05) is 0 Å². The molecular weight excluding hydrogens is 328 g/mol. The van der Waals surface area contributed by atoms with E-state index in [0.29, 0.717) is 18.5 Å². The van der Waals surface area contributed by atoms with Crippen LogP contribution in [0.3, 0.4) is 0 Å². The predicted molar refractivity (Wildman–Crippen MR) is 80.1 cm³/mol. The van der Waals surface area contributed by atoms with E-state index in [1.165, 1.54) is 27.7 Å². The average Bonchev–Trinajstić information content (AvgIpc) is 2.23. The van der Waals surface area contributed by atoms with Crippen LogP contribution < -0.4 is 0 Å². The van der Waals surface area contributed by atoms with Crippen LogP contribution in [0.2, 0.25) is 18.6 Å². The van der Waals surface area contributed by atoms with E-state index in [2.05, 4.69) is 0 Å². The molecule has 0 amide bonds. The molecule has 10 heteroatoms. The number of hydrogen-bond donors (Lipinski definition) is 0. The lowest BCUT2D eigenvalue weighted by molar-refractivity contribution is -0.140. The van der Waals surface area contributed by atoms with Crippen LogP contribution in [0.1, 0.15) is 34.1 Å². The second-order valence-electron chi connectivity index (χ2n) is 4.86. The molecule has 126 valence electrons. The molecule has 0 rings (SSSR count). The van der Waals surface area contributed by atoms with E-state index in [9.17, 15) is 19.2 Å². The largest absolute Gasteiger partial charge is 0.487 e. The van der Waals surface area contributed by atoms with Crippen molar-refractivity contribution in [2.24, 2.45) is 0 Å². The van der Waals surface area contributed by atoms with Crippen molar-refractivity contribution >= 4 is 41.7 Å². The third-order valence-corrected chi connectivity index (χ3v) is 7.15. The second kappa shape index (κ2) is 9.36. The number of hydrogen-bond acceptors (Lipinski definition) is 8. The zero-order chi connectivity index (χ0) is 17.3. The van der Waals surface area contributed by atoms with E-state index in [1.807, 2.05) is 0 Å². The fourth-order valence-corrected chi connectivity index (χ4v) is 6.11. The van der Waals surface area contributed by atoms with Crippen LogP contribution in [0.5, 0.6) is 0 Å². The fourth-order valence-electron chi connectivity index (χ4n) is 1.83. The maximum Gasteiger partial charge on any atom is 0.460 e. The summed E-state index contributed by atoms with van der Waals surface area (Å²) in [7, 11) is -5.45. The number of carbonyl (C=O) groups excluding carboxylic acids is 4. The zero-order valence-electron chi connectivity index (χ0n) is 13.5. The molecule has 0 unspecified atom stereocenters. The molecule has 0 bridgehead atoms. The molecule has 22 heavy (non-hydrogen) atoms. The molecule has 0 spiro atoms. The van der Waals surface area contributed by atoms with Crippen LogP contribution >= 0.6 is 0 Å². The molecule has 0 saturated carbocycles. The third-order valence-electron chi connectivity index (χ3n) is 2.38. The van der Waals surface area contributed by atoms with Crippen molar-refractivity contribution in [1.29, 1.82) is 0 Å². The first-order valence-electron chi connectivity index (χ1n) is 6.77. The van der Waals surface area contributed by atoms with Crippen molar-refractivity contribution in [3.8, 4) is 0 Å². The molecule has 0 saturated heterocycles. The molecule has 0 aliphatic rings. The molecule has 0 fully saturated rings. The monoisotopic (exact) mass is 350 g/mol. The Balaban J connectivity index is 4.60. The van der Waals surface area contributed by atoms with Gasteiger partial charge in [0.25, 0.3) is 23.9 Å². The van der Waals surface area contributed by atoms with Crippen molar-refractivity contribution in [2.75, 3.05) is 0 Å². The standard InChI is InChI=1S/C12H22O8Si2/c1-9(13)17-21(18-10(2)14)7-6-8-22(5,19-11(3)15)20-12(4)16/h21H,6-8H2,1-5H3. The molecule has 0 atom stereocenters. The summed E-state index contributed by atoms with van der Waals surface area (Å²) in [6.45, 7) is 6.55. The molecule has 0 N–H and O–H groups in total. The van der Waals surface area contributed by atoms with Gasteiger partial charge >= 0.3 is 17.8 Å². The van der Waals surface area contributed by atoms with Gasteiger partial charge in [0.2, 0.25) is 0 Å². The van der Waals surface area contributed by atoms with Gasteiger partial charge in [-0.2, -0.15) is 0 Å². The van der Waals surface area contributed by atoms with Crippen LogP contribution in [0.25, 0.3) is 0 Å². The van der Waals surface area contributed by atoms with Crippen molar-refractivity contribution in [1.82, 2.24) is 0 Å². The molecule has 0 aliphatic heterocycles. The van der Waals surface area contributed by atoms with E-state index in [4.69, 9.17) is 17.7 Å². The second-order valence-corrected chi connectivity index (χ2v) is 9.95. The maximum absolute atomic E-state index is 11.1. The molecule has 0 aromatic rings. The summed E-state index contributed by atoms with van der Waals surface area (Å²) < 4.78 is 20.3. The number of carbonyl (C=O) groups is 4. The van der Waals surface area contributed by atoms with Gasteiger partial charge < -0.3 is 17.7 Å². The first-order valence-corrected chi connectivity index (χ1v) is 11.1. The summed E-state index contributed by atoms with van der Waals surface area (Å²) in [5.74, 6) is -2.08. The number of rotatable bonds is 8. The Hall–Kier alpha value is -1.69. The maximum atomic E-state index is 11.1. The summed E-state index contributed by atoms with van der Waals surface area (Å²) in [4.78, 5) is 44.2. The molecule has 0 aliphatic carbocycles. The normalized spacial score (nSPS) is 10.8. The van der Waals surface area contributed by atoms with E-state index in [0.717, 1.165) is 0 Å². The lowest BCUT2D eigenvalue weighted by Gasteiger charge is -2.25. The SMILES string of the molecule is CC(=O)O[SiH](CCC[Si](C)(OC(C)=O)OC(C)=O)OC(C)=O. The Morgan fingerprint density at radius 2 is 1.23 bits per heavy atom. The van der Waals surface area contributed by atoms with E-state index in [-0.39, 0.29) is 0 Å². The molecule has 0 heterocycles. The first kappa shape index (κ1) is 20.3.